The zero-order valence-electron chi connectivity index (χ0n) is 6.53. The molecule has 0 heterocycles. The highest BCUT2D eigenvalue weighted by molar-refractivity contribution is 5.48. The molecule has 1 aromatic rings. The van der Waals surface area contributed by atoms with Gasteiger partial charge in [-0.25, -0.2) is 5.11 Å². The molecule has 0 fully saturated rings. The van der Waals surface area contributed by atoms with Crippen molar-refractivity contribution in [1.29, 1.82) is 0 Å². The van der Waals surface area contributed by atoms with Crippen LogP contribution in [-0.4, -0.2) is 6.10 Å². The first-order valence-electron chi connectivity index (χ1n) is 3.68. The fraction of sp³-hybridized carbons (Fsp3) is 0.200. The molecule has 1 rings (SSSR count). The first kappa shape index (κ1) is 8.02. The molecule has 0 saturated heterocycles. The molecule has 0 saturated carbocycles. The van der Waals surface area contributed by atoms with Gasteiger partial charge in [0.25, 0.3) is 0 Å². The van der Waals surface area contributed by atoms with Crippen LogP contribution in [-0.2, 0) is 5.11 Å². The SMILES string of the molecule is CC([O])/C=C/c1ccccc1. The first-order valence-corrected chi connectivity index (χ1v) is 3.68. The van der Waals surface area contributed by atoms with Crippen molar-refractivity contribution in [3.63, 3.8) is 0 Å². The lowest BCUT2D eigenvalue weighted by molar-refractivity contribution is 0.147. The molecule has 0 amide bonds. The van der Waals surface area contributed by atoms with Gasteiger partial charge in [-0.1, -0.05) is 42.5 Å². The van der Waals surface area contributed by atoms with Crippen LogP contribution in [0.2, 0.25) is 0 Å². The summed E-state index contributed by atoms with van der Waals surface area (Å²) < 4.78 is 0. The van der Waals surface area contributed by atoms with Crippen molar-refractivity contribution in [2.45, 2.75) is 13.0 Å². The first-order chi connectivity index (χ1) is 5.29. The summed E-state index contributed by atoms with van der Waals surface area (Å²) in [7, 11) is 0. The Balaban J connectivity index is 2.65. The molecule has 0 spiro atoms. The normalized spacial score (nSPS) is 13.6. The standard InChI is InChI=1S/C10H11O/c1-9(11)7-8-10-5-3-2-4-6-10/h2-9H,1H3/b8-7+. The quantitative estimate of drug-likeness (QED) is 0.612. The summed E-state index contributed by atoms with van der Waals surface area (Å²) in [5.41, 5.74) is 1.08. The highest BCUT2D eigenvalue weighted by Gasteiger charge is 1.87. The molecule has 1 aromatic carbocycles. The van der Waals surface area contributed by atoms with E-state index < -0.39 is 6.10 Å². The predicted molar refractivity (Wildman–Crippen MR) is 45.6 cm³/mol. The van der Waals surface area contributed by atoms with Gasteiger partial charge in [-0.2, -0.15) is 0 Å². The van der Waals surface area contributed by atoms with Gasteiger partial charge in [0.1, 0.15) is 6.10 Å². The zero-order chi connectivity index (χ0) is 8.10. The Kier molecular flexibility index (Phi) is 2.87. The van der Waals surface area contributed by atoms with Gasteiger partial charge in [-0.05, 0) is 12.5 Å². The fourth-order valence-corrected chi connectivity index (χ4v) is 0.811. The molecule has 0 aliphatic heterocycles. The molecule has 0 aliphatic carbocycles. The van der Waals surface area contributed by atoms with Crippen LogP contribution < -0.4 is 0 Å². The van der Waals surface area contributed by atoms with Crippen LogP contribution in [0.5, 0.6) is 0 Å². The predicted octanol–water partition coefficient (Wildman–Crippen LogP) is 2.52. The summed E-state index contributed by atoms with van der Waals surface area (Å²) >= 11 is 0. The van der Waals surface area contributed by atoms with Crippen molar-refractivity contribution in [1.82, 2.24) is 0 Å². The maximum atomic E-state index is 10.6. The van der Waals surface area contributed by atoms with Crippen molar-refractivity contribution in [3.8, 4) is 0 Å². The lowest BCUT2D eigenvalue weighted by Gasteiger charge is -1.91. The van der Waals surface area contributed by atoms with E-state index in [9.17, 15) is 5.11 Å². The molecule has 1 nitrogen and oxygen atoms in total. The van der Waals surface area contributed by atoms with Crippen molar-refractivity contribution in [3.05, 3.63) is 42.0 Å². The zero-order valence-corrected chi connectivity index (χ0v) is 6.53. The summed E-state index contributed by atoms with van der Waals surface area (Å²) in [5, 5.41) is 10.6. The van der Waals surface area contributed by atoms with E-state index in [1.807, 2.05) is 36.4 Å². The van der Waals surface area contributed by atoms with Crippen LogP contribution in [0.1, 0.15) is 12.5 Å². The highest BCUT2D eigenvalue weighted by Crippen LogP contribution is 2.01. The van der Waals surface area contributed by atoms with Gasteiger partial charge in [-0.3, -0.25) is 0 Å². The summed E-state index contributed by atoms with van der Waals surface area (Å²) in [6.45, 7) is 1.62. The van der Waals surface area contributed by atoms with Gasteiger partial charge in [0, 0.05) is 0 Å². The third-order valence-electron chi connectivity index (χ3n) is 1.36. The molecule has 1 atom stereocenters. The molecule has 0 aromatic heterocycles. The fourth-order valence-electron chi connectivity index (χ4n) is 0.811. The van der Waals surface area contributed by atoms with Crippen molar-refractivity contribution in [2.75, 3.05) is 0 Å². The summed E-state index contributed by atoms with van der Waals surface area (Å²) in [6.07, 6.45) is 2.88. The van der Waals surface area contributed by atoms with Crippen LogP contribution in [0.4, 0.5) is 0 Å². The monoisotopic (exact) mass is 147 g/mol. The molecule has 0 bridgehead atoms. The Bertz CT molecular complexity index is 224. The van der Waals surface area contributed by atoms with Crippen LogP contribution in [0.25, 0.3) is 6.08 Å². The van der Waals surface area contributed by atoms with Crippen molar-refractivity contribution in [2.24, 2.45) is 0 Å². The molecule has 0 aliphatic rings. The van der Waals surface area contributed by atoms with E-state index in [4.69, 9.17) is 0 Å². The molecule has 1 heteroatoms. The topological polar surface area (TPSA) is 19.9 Å². The molecule has 0 N–H and O–H groups in total. The second-order valence-corrected chi connectivity index (χ2v) is 2.47. The van der Waals surface area contributed by atoms with Gasteiger partial charge in [-0.15, -0.1) is 0 Å². The maximum Gasteiger partial charge on any atom is 0.109 e. The van der Waals surface area contributed by atoms with Crippen LogP contribution in [0.3, 0.4) is 0 Å². The molecule has 1 unspecified atom stereocenters. The number of benzene rings is 1. The second kappa shape index (κ2) is 3.94. The van der Waals surface area contributed by atoms with Gasteiger partial charge in [0.15, 0.2) is 0 Å². The third-order valence-corrected chi connectivity index (χ3v) is 1.36. The average molecular weight is 147 g/mol. The largest absolute Gasteiger partial charge is 0.229 e. The van der Waals surface area contributed by atoms with Crippen LogP contribution in [0, 0.1) is 0 Å². The minimum atomic E-state index is -0.616. The van der Waals surface area contributed by atoms with Gasteiger partial charge in [0.05, 0.1) is 0 Å². The van der Waals surface area contributed by atoms with Crippen LogP contribution in [0.15, 0.2) is 36.4 Å². The third kappa shape index (κ3) is 3.01. The van der Waals surface area contributed by atoms with E-state index in [1.165, 1.54) is 0 Å². The highest BCUT2D eigenvalue weighted by atomic mass is 16.3. The van der Waals surface area contributed by atoms with Gasteiger partial charge >= 0.3 is 0 Å². The summed E-state index contributed by atoms with van der Waals surface area (Å²) in [4.78, 5) is 0. The average Bonchev–Trinajstić information content (AvgIpc) is 2.03. The van der Waals surface area contributed by atoms with E-state index in [-0.39, 0.29) is 0 Å². The van der Waals surface area contributed by atoms with Gasteiger partial charge in [0.2, 0.25) is 0 Å². The molecular weight excluding hydrogens is 136 g/mol. The van der Waals surface area contributed by atoms with Crippen molar-refractivity contribution < 1.29 is 5.11 Å². The van der Waals surface area contributed by atoms with Crippen LogP contribution >= 0.6 is 0 Å². The van der Waals surface area contributed by atoms with E-state index in [2.05, 4.69) is 0 Å². The number of rotatable bonds is 2. The Morgan fingerprint density at radius 1 is 1.27 bits per heavy atom. The van der Waals surface area contributed by atoms with E-state index in [0.29, 0.717) is 0 Å². The van der Waals surface area contributed by atoms with E-state index >= 15 is 0 Å². The smallest absolute Gasteiger partial charge is 0.109 e. The molecule has 1 radical (unpaired) electrons. The Labute approximate surface area is 67.0 Å². The number of hydrogen-bond donors (Lipinski definition) is 0. The summed E-state index contributed by atoms with van der Waals surface area (Å²) in [6, 6.07) is 9.81. The lowest BCUT2D eigenvalue weighted by atomic mass is 10.2. The van der Waals surface area contributed by atoms with Crippen molar-refractivity contribution >= 4 is 6.08 Å². The Morgan fingerprint density at radius 2 is 1.91 bits per heavy atom. The maximum absolute atomic E-state index is 10.6. The molecular formula is C10H11O. The minimum absolute atomic E-state index is 0.616. The van der Waals surface area contributed by atoms with Gasteiger partial charge < -0.3 is 0 Å². The van der Waals surface area contributed by atoms with E-state index in [1.54, 1.807) is 13.0 Å². The number of hydrogen-bond acceptors (Lipinski definition) is 0. The summed E-state index contributed by atoms with van der Waals surface area (Å²) in [5.74, 6) is 0. The van der Waals surface area contributed by atoms with E-state index in [0.717, 1.165) is 5.56 Å². The molecule has 57 valence electrons. The lowest BCUT2D eigenvalue weighted by Crippen LogP contribution is -1.88. The second-order valence-electron chi connectivity index (χ2n) is 2.47. The Hall–Kier alpha value is -1.08. The minimum Gasteiger partial charge on any atom is -0.229 e. The Morgan fingerprint density at radius 3 is 2.45 bits per heavy atom. The molecule has 11 heavy (non-hydrogen) atoms.